The molecule has 0 amide bonds. The summed E-state index contributed by atoms with van der Waals surface area (Å²) in [5, 5.41) is 15.7. The van der Waals surface area contributed by atoms with Gasteiger partial charge in [0.05, 0.1) is 23.0 Å². The number of halogens is 2. The fourth-order valence-electron chi connectivity index (χ4n) is 1.79. The first-order chi connectivity index (χ1) is 9.01. The van der Waals surface area contributed by atoms with Crippen LogP contribution < -0.4 is 5.32 Å². The lowest BCUT2D eigenvalue weighted by Gasteiger charge is -2.07. The second-order valence-electron chi connectivity index (χ2n) is 4.19. The van der Waals surface area contributed by atoms with E-state index in [1.54, 1.807) is 30.9 Å². The van der Waals surface area contributed by atoms with Crippen molar-refractivity contribution < 1.29 is 8.78 Å². The van der Waals surface area contributed by atoms with Crippen LogP contribution in [0, 0.1) is 29.9 Å². The number of anilines is 1. The lowest BCUT2D eigenvalue weighted by Crippen LogP contribution is -2.05. The molecule has 1 heterocycles. The predicted molar refractivity (Wildman–Crippen MR) is 66.3 cm³/mol. The Bertz CT molecular complexity index is 632. The topological polar surface area (TPSA) is 53.6 Å². The minimum Gasteiger partial charge on any atom is -0.378 e. The molecule has 0 radical (unpaired) electrons. The van der Waals surface area contributed by atoms with Crippen LogP contribution in [0.2, 0.25) is 0 Å². The molecule has 1 aromatic carbocycles. The average molecular weight is 262 g/mol. The van der Waals surface area contributed by atoms with Crippen molar-refractivity contribution >= 4 is 5.69 Å². The van der Waals surface area contributed by atoms with E-state index in [4.69, 9.17) is 5.26 Å². The van der Waals surface area contributed by atoms with Gasteiger partial charge in [-0.2, -0.15) is 10.4 Å². The number of nitrogens with zero attached hydrogens (tertiary/aromatic N) is 3. The maximum Gasteiger partial charge on any atom is 0.132 e. The number of hydrogen-bond donors (Lipinski definition) is 1. The average Bonchev–Trinajstić information content (AvgIpc) is 2.66. The molecule has 0 atom stereocenters. The van der Waals surface area contributed by atoms with Gasteiger partial charge >= 0.3 is 0 Å². The lowest BCUT2D eigenvalue weighted by atomic mass is 10.1. The van der Waals surface area contributed by atoms with E-state index >= 15 is 0 Å². The zero-order valence-corrected chi connectivity index (χ0v) is 10.5. The SMILES string of the molecule is Cc1nn(C)cc1NCc1c(F)cc(C#N)cc1F. The van der Waals surface area contributed by atoms with Crippen molar-refractivity contribution in [2.75, 3.05) is 5.32 Å². The highest BCUT2D eigenvalue weighted by Gasteiger charge is 2.12. The van der Waals surface area contributed by atoms with Crippen molar-refractivity contribution in [1.29, 1.82) is 5.26 Å². The Morgan fingerprint density at radius 2 is 2.00 bits per heavy atom. The maximum absolute atomic E-state index is 13.7. The van der Waals surface area contributed by atoms with Gasteiger partial charge in [0.15, 0.2) is 0 Å². The van der Waals surface area contributed by atoms with E-state index in [1.807, 2.05) is 0 Å². The summed E-state index contributed by atoms with van der Waals surface area (Å²) in [6.07, 6.45) is 1.73. The normalized spacial score (nSPS) is 10.3. The van der Waals surface area contributed by atoms with Gasteiger partial charge in [-0.25, -0.2) is 8.78 Å². The van der Waals surface area contributed by atoms with Crippen molar-refractivity contribution in [3.05, 3.63) is 46.8 Å². The quantitative estimate of drug-likeness (QED) is 0.924. The van der Waals surface area contributed by atoms with Crippen LogP contribution in [0.5, 0.6) is 0 Å². The third-order valence-corrected chi connectivity index (χ3v) is 2.74. The molecule has 0 fully saturated rings. The maximum atomic E-state index is 13.7. The Hall–Kier alpha value is -2.42. The predicted octanol–water partition coefficient (Wildman–Crippen LogP) is 2.49. The molecule has 0 saturated heterocycles. The van der Waals surface area contributed by atoms with Gasteiger partial charge in [-0.3, -0.25) is 4.68 Å². The largest absolute Gasteiger partial charge is 0.378 e. The van der Waals surface area contributed by atoms with Crippen molar-refractivity contribution in [1.82, 2.24) is 9.78 Å². The smallest absolute Gasteiger partial charge is 0.132 e. The van der Waals surface area contributed by atoms with Crippen LogP contribution in [0.1, 0.15) is 16.8 Å². The van der Waals surface area contributed by atoms with Gasteiger partial charge in [0, 0.05) is 25.4 Å². The molecule has 1 aromatic heterocycles. The molecule has 0 aliphatic heterocycles. The van der Waals surface area contributed by atoms with E-state index in [9.17, 15) is 8.78 Å². The number of nitriles is 1. The number of nitrogens with one attached hydrogen (secondary N) is 1. The summed E-state index contributed by atoms with van der Waals surface area (Å²) in [5.41, 5.74) is 1.33. The number of aryl methyl sites for hydroxylation is 2. The first-order valence-electron chi connectivity index (χ1n) is 5.63. The van der Waals surface area contributed by atoms with Crippen LogP contribution >= 0.6 is 0 Å². The Morgan fingerprint density at radius 3 is 2.47 bits per heavy atom. The second kappa shape index (κ2) is 5.06. The van der Waals surface area contributed by atoms with Crippen LogP contribution in [-0.2, 0) is 13.6 Å². The third kappa shape index (κ3) is 2.71. The minimum atomic E-state index is -0.731. The highest BCUT2D eigenvalue weighted by atomic mass is 19.1. The Kier molecular flexibility index (Phi) is 3.47. The van der Waals surface area contributed by atoms with Gasteiger partial charge < -0.3 is 5.32 Å². The summed E-state index contributed by atoms with van der Waals surface area (Å²) in [5.74, 6) is -1.46. The van der Waals surface area contributed by atoms with Gasteiger partial charge in [-0.05, 0) is 19.1 Å². The molecule has 19 heavy (non-hydrogen) atoms. The molecule has 0 saturated carbocycles. The van der Waals surface area contributed by atoms with Crippen LogP contribution in [0.3, 0.4) is 0 Å². The first kappa shape index (κ1) is 13.0. The van der Waals surface area contributed by atoms with Gasteiger partial charge in [0.25, 0.3) is 0 Å². The molecule has 4 nitrogen and oxygen atoms in total. The van der Waals surface area contributed by atoms with Crippen LogP contribution in [0.15, 0.2) is 18.3 Å². The van der Waals surface area contributed by atoms with Gasteiger partial charge in [-0.15, -0.1) is 0 Å². The number of aromatic nitrogens is 2. The molecule has 2 rings (SSSR count). The minimum absolute atomic E-state index is 0.00406. The van der Waals surface area contributed by atoms with E-state index in [2.05, 4.69) is 10.4 Å². The van der Waals surface area contributed by atoms with Crippen LogP contribution in [0.25, 0.3) is 0 Å². The summed E-state index contributed by atoms with van der Waals surface area (Å²) in [4.78, 5) is 0. The lowest BCUT2D eigenvalue weighted by molar-refractivity contribution is 0.559. The Labute approximate surface area is 109 Å². The molecule has 6 heteroatoms. The van der Waals surface area contributed by atoms with E-state index < -0.39 is 11.6 Å². The van der Waals surface area contributed by atoms with Crippen LogP contribution in [-0.4, -0.2) is 9.78 Å². The Balaban J connectivity index is 2.21. The zero-order chi connectivity index (χ0) is 14.0. The fourth-order valence-corrected chi connectivity index (χ4v) is 1.79. The van der Waals surface area contributed by atoms with Crippen molar-refractivity contribution in [2.45, 2.75) is 13.5 Å². The monoisotopic (exact) mass is 262 g/mol. The number of hydrogen-bond acceptors (Lipinski definition) is 3. The van der Waals surface area contributed by atoms with Gasteiger partial charge in [-0.1, -0.05) is 0 Å². The van der Waals surface area contributed by atoms with Crippen LogP contribution in [0.4, 0.5) is 14.5 Å². The van der Waals surface area contributed by atoms with E-state index in [0.717, 1.165) is 17.8 Å². The van der Waals surface area contributed by atoms with Crippen molar-refractivity contribution in [2.24, 2.45) is 7.05 Å². The molecule has 0 unspecified atom stereocenters. The molecular formula is C13H12F2N4. The molecule has 98 valence electrons. The van der Waals surface area contributed by atoms with Crippen molar-refractivity contribution in [3.8, 4) is 6.07 Å². The molecule has 0 spiro atoms. The molecular weight excluding hydrogens is 250 g/mol. The first-order valence-corrected chi connectivity index (χ1v) is 5.63. The molecule has 0 bridgehead atoms. The summed E-state index contributed by atoms with van der Waals surface area (Å²) in [7, 11) is 1.76. The summed E-state index contributed by atoms with van der Waals surface area (Å²) in [6, 6.07) is 3.76. The standard InChI is InChI=1S/C13H12F2N4/c1-8-13(7-19(2)18-8)17-6-10-11(14)3-9(5-16)4-12(10)15/h3-4,7,17H,6H2,1-2H3. The van der Waals surface area contributed by atoms with E-state index in [-0.39, 0.29) is 17.7 Å². The molecule has 0 aliphatic rings. The zero-order valence-electron chi connectivity index (χ0n) is 10.5. The second-order valence-corrected chi connectivity index (χ2v) is 4.19. The van der Waals surface area contributed by atoms with E-state index in [1.165, 1.54) is 0 Å². The third-order valence-electron chi connectivity index (χ3n) is 2.74. The highest BCUT2D eigenvalue weighted by molar-refractivity contribution is 5.46. The number of benzene rings is 1. The highest BCUT2D eigenvalue weighted by Crippen LogP contribution is 2.18. The van der Waals surface area contributed by atoms with Gasteiger partial charge in [0.2, 0.25) is 0 Å². The van der Waals surface area contributed by atoms with Gasteiger partial charge in [0.1, 0.15) is 11.6 Å². The number of rotatable bonds is 3. The summed E-state index contributed by atoms with van der Waals surface area (Å²) < 4.78 is 28.9. The molecule has 2 aromatic rings. The summed E-state index contributed by atoms with van der Waals surface area (Å²) >= 11 is 0. The Morgan fingerprint density at radius 1 is 1.37 bits per heavy atom. The molecule has 0 aliphatic carbocycles. The summed E-state index contributed by atoms with van der Waals surface area (Å²) in [6.45, 7) is 1.80. The molecule has 1 N–H and O–H groups in total. The van der Waals surface area contributed by atoms with E-state index in [0.29, 0.717) is 5.69 Å². The fraction of sp³-hybridized carbons (Fsp3) is 0.231. The van der Waals surface area contributed by atoms with Crippen molar-refractivity contribution in [3.63, 3.8) is 0 Å².